The molecule has 2 aliphatic carbocycles. The highest BCUT2D eigenvalue weighted by atomic mass is 19.4. The molecular formula is C30H27F3N6O. The van der Waals surface area contributed by atoms with Gasteiger partial charge >= 0.3 is 6.18 Å². The number of benzene rings is 2. The third kappa shape index (κ3) is 3.34. The number of carbonyl (C=O) groups excluding carboxylic acids is 1. The summed E-state index contributed by atoms with van der Waals surface area (Å²) in [6, 6.07) is 12.0. The molecule has 0 saturated heterocycles. The minimum atomic E-state index is -4.25. The van der Waals surface area contributed by atoms with Crippen molar-refractivity contribution in [1.29, 1.82) is 0 Å². The molecule has 1 amide bonds. The molecule has 2 aromatic carbocycles. The highest BCUT2D eigenvalue weighted by molar-refractivity contribution is 5.97. The van der Waals surface area contributed by atoms with Gasteiger partial charge in [-0.25, -0.2) is 15.0 Å². The smallest absolute Gasteiger partial charge is 0.331 e. The van der Waals surface area contributed by atoms with Crippen molar-refractivity contribution < 1.29 is 18.0 Å². The summed E-state index contributed by atoms with van der Waals surface area (Å²) in [5, 5.41) is 0. The largest absolute Gasteiger partial charge is 0.391 e. The summed E-state index contributed by atoms with van der Waals surface area (Å²) in [6.45, 7) is 0. The molecule has 0 spiro atoms. The van der Waals surface area contributed by atoms with Crippen molar-refractivity contribution in [3.63, 3.8) is 0 Å². The van der Waals surface area contributed by atoms with Gasteiger partial charge in [0.1, 0.15) is 11.6 Å². The summed E-state index contributed by atoms with van der Waals surface area (Å²) in [5.41, 5.74) is 11.7. The maximum absolute atomic E-state index is 13.5. The minimum Gasteiger partial charge on any atom is -0.331 e. The van der Waals surface area contributed by atoms with Crippen LogP contribution in [0.1, 0.15) is 83.2 Å². The van der Waals surface area contributed by atoms with Gasteiger partial charge in [0.05, 0.1) is 34.6 Å². The Kier molecular flexibility index (Phi) is 4.75. The zero-order valence-electron chi connectivity index (χ0n) is 21.8. The molecule has 8 rings (SSSR count). The van der Waals surface area contributed by atoms with Crippen LogP contribution in [0, 0.1) is 5.92 Å². The van der Waals surface area contributed by atoms with Crippen molar-refractivity contribution in [2.75, 3.05) is 7.05 Å². The molecule has 10 heteroatoms. The summed E-state index contributed by atoms with van der Waals surface area (Å²) in [5.74, 6) is 0.278. The first-order chi connectivity index (χ1) is 19.1. The molecule has 2 N–H and O–H groups in total. The second-order valence-electron chi connectivity index (χ2n) is 11.9. The van der Waals surface area contributed by atoms with Gasteiger partial charge in [-0.1, -0.05) is 18.2 Å². The van der Waals surface area contributed by atoms with Crippen molar-refractivity contribution in [3.05, 3.63) is 77.1 Å². The Morgan fingerprint density at radius 3 is 2.48 bits per heavy atom. The molecule has 0 radical (unpaired) electrons. The summed E-state index contributed by atoms with van der Waals surface area (Å²) in [4.78, 5) is 29.1. The number of alkyl halides is 3. The second kappa shape index (κ2) is 7.90. The van der Waals surface area contributed by atoms with Crippen molar-refractivity contribution in [2.45, 2.75) is 61.8 Å². The SMILES string of the molecule is CN1C(=O)c2cccc(C3CC3)c2C2CC1c1nc3ccc(-c4cnc(C5(N)CC(C(F)(F)F)C5)nc4)cc3n12. The van der Waals surface area contributed by atoms with E-state index < -0.39 is 17.6 Å². The van der Waals surface area contributed by atoms with Crippen molar-refractivity contribution in [2.24, 2.45) is 11.7 Å². The number of rotatable bonds is 3. The van der Waals surface area contributed by atoms with Gasteiger partial charge in [0.25, 0.3) is 5.91 Å². The van der Waals surface area contributed by atoms with Gasteiger partial charge in [0.2, 0.25) is 0 Å². The average Bonchev–Trinajstić information content (AvgIpc) is 3.63. The van der Waals surface area contributed by atoms with Crippen LogP contribution in [0.25, 0.3) is 22.2 Å². The van der Waals surface area contributed by atoms with E-state index in [9.17, 15) is 18.0 Å². The van der Waals surface area contributed by atoms with E-state index in [1.54, 1.807) is 12.4 Å². The van der Waals surface area contributed by atoms with Crippen LogP contribution in [-0.2, 0) is 5.54 Å². The minimum absolute atomic E-state index is 0.0110. The quantitative estimate of drug-likeness (QED) is 0.362. The predicted molar refractivity (Wildman–Crippen MR) is 141 cm³/mol. The Hall–Kier alpha value is -3.79. The van der Waals surface area contributed by atoms with E-state index in [1.807, 2.05) is 36.2 Å². The Labute approximate surface area is 228 Å². The standard InChI is InChI=1S/C30H27F3N6O/c1-38-24-10-23(25-19(15-5-6-15)3-2-4-20(25)27(38)40)39-22-9-16(7-8-21(22)37-26(24)39)17-13-35-28(36-14-17)29(34)11-18(12-29)30(31,32)33/h2-4,7-9,13-15,18,23-24H,5-6,10-12,34H2,1H3. The third-order valence-corrected chi connectivity index (χ3v) is 9.40. The highest BCUT2D eigenvalue weighted by Crippen LogP contribution is 2.53. The van der Waals surface area contributed by atoms with E-state index in [0.29, 0.717) is 5.92 Å². The van der Waals surface area contributed by atoms with Crippen molar-refractivity contribution in [1.82, 2.24) is 24.4 Å². The normalized spacial score (nSPS) is 27.4. The summed E-state index contributed by atoms with van der Waals surface area (Å²) in [6.07, 6.45) is 1.71. The Bertz CT molecular complexity index is 1700. The monoisotopic (exact) mass is 544 g/mol. The molecule has 204 valence electrons. The van der Waals surface area contributed by atoms with Crippen LogP contribution in [0.4, 0.5) is 13.2 Å². The summed E-state index contributed by atoms with van der Waals surface area (Å²) < 4.78 is 41.3. The number of hydrogen-bond acceptors (Lipinski definition) is 5. The van der Waals surface area contributed by atoms with Crippen LogP contribution in [0.3, 0.4) is 0 Å². The van der Waals surface area contributed by atoms with Gasteiger partial charge in [0.15, 0.2) is 0 Å². The fraction of sp³-hybridized carbons (Fsp3) is 0.400. The van der Waals surface area contributed by atoms with Crippen LogP contribution >= 0.6 is 0 Å². The van der Waals surface area contributed by atoms with Crippen LogP contribution in [0.15, 0.2) is 48.8 Å². The van der Waals surface area contributed by atoms with Gasteiger partial charge in [-0.3, -0.25) is 4.79 Å². The first-order valence-electron chi connectivity index (χ1n) is 13.7. The molecule has 2 aliphatic heterocycles. The predicted octanol–water partition coefficient (Wildman–Crippen LogP) is 5.62. The van der Waals surface area contributed by atoms with E-state index >= 15 is 0 Å². The number of carbonyl (C=O) groups is 1. The van der Waals surface area contributed by atoms with Crippen LogP contribution in [0.2, 0.25) is 0 Å². The van der Waals surface area contributed by atoms with Gasteiger partial charge in [-0.2, -0.15) is 13.2 Å². The number of fused-ring (bicyclic) bond motifs is 9. The topological polar surface area (TPSA) is 89.9 Å². The maximum atomic E-state index is 13.5. The number of hydrogen-bond donors (Lipinski definition) is 1. The molecule has 4 heterocycles. The third-order valence-electron chi connectivity index (χ3n) is 9.40. The van der Waals surface area contributed by atoms with E-state index in [1.165, 1.54) is 5.56 Å². The number of nitrogens with zero attached hydrogens (tertiary/aromatic N) is 5. The maximum Gasteiger partial charge on any atom is 0.391 e. The molecule has 2 atom stereocenters. The van der Waals surface area contributed by atoms with Gasteiger partial charge < -0.3 is 15.2 Å². The van der Waals surface area contributed by atoms with E-state index in [0.717, 1.165) is 58.4 Å². The molecule has 2 fully saturated rings. The lowest BCUT2D eigenvalue weighted by molar-refractivity contribution is -0.209. The van der Waals surface area contributed by atoms with Gasteiger partial charge in [-0.15, -0.1) is 0 Å². The number of aromatic nitrogens is 4. The van der Waals surface area contributed by atoms with E-state index in [-0.39, 0.29) is 36.7 Å². The molecule has 2 bridgehead atoms. The molecule has 2 saturated carbocycles. The lowest BCUT2D eigenvalue weighted by Crippen LogP contribution is -2.54. The molecule has 40 heavy (non-hydrogen) atoms. The zero-order chi connectivity index (χ0) is 27.6. The molecular weight excluding hydrogens is 517 g/mol. The molecule has 7 nitrogen and oxygen atoms in total. The van der Waals surface area contributed by atoms with Crippen LogP contribution in [0.5, 0.6) is 0 Å². The summed E-state index contributed by atoms with van der Waals surface area (Å²) >= 11 is 0. The van der Waals surface area contributed by atoms with Crippen LogP contribution < -0.4 is 5.73 Å². The Morgan fingerprint density at radius 2 is 1.77 bits per heavy atom. The molecule has 4 aromatic rings. The first-order valence-corrected chi connectivity index (χ1v) is 13.7. The Balaban J connectivity index is 1.19. The molecule has 2 unspecified atom stereocenters. The number of nitrogens with two attached hydrogens (primary N) is 1. The van der Waals surface area contributed by atoms with E-state index in [4.69, 9.17) is 10.7 Å². The summed E-state index contributed by atoms with van der Waals surface area (Å²) in [7, 11) is 1.87. The number of amides is 1. The lowest BCUT2D eigenvalue weighted by atomic mass is 9.68. The van der Waals surface area contributed by atoms with Crippen molar-refractivity contribution in [3.8, 4) is 11.1 Å². The van der Waals surface area contributed by atoms with Gasteiger partial charge in [-0.05, 0) is 66.5 Å². The number of imidazole rings is 1. The fourth-order valence-corrected chi connectivity index (χ4v) is 7.05. The lowest BCUT2D eigenvalue weighted by Gasteiger charge is -2.44. The molecule has 2 aromatic heterocycles. The Morgan fingerprint density at radius 1 is 1.02 bits per heavy atom. The fourth-order valence-electron chi connectivity index (χ4n) is 7.05. The first kappa shape index (κ1) is 24.0. The molecule has 4 aliphatic rings. The number of halogens is 3. The second-order valence-corrected chi connectivity index (χ2v) is 11.9. The highest BCUT2D eigenvalue weighted by Gasteiger charge is 2.56. The zero-order valence-corrected chi connectivity index (χ0v) is 21.8. The average molecular weight is 545 g/mol. The van der Waals surface area contributed by atoms with Gasteiger partial charge in [0, 0.05) is 37.0 Å². The van der Waals surface area contributed by atoms with Crippen LogP contribution in [-0.4, -0.2) is 43.6 Å². The van der Waals surface area contributed by atoms with Crippen molar-refractivity contribution >= 4 is 16.9 Å². The van der Waals surface area contributed by atoms with E-state index in [2.05, 4.69) is 26.7 Å².